The van der Waals surface area contributed by atoms with E-state index in [0.717, 1.165) is 26.3 Å². The van der Waals surface area contributed by atoms with Crippen LogP contribution in [0.15, 0.2) is 0 Å². The zero-order valence-corrected chi connectivity index (χ0v) is 10.6. The minimum Gasteiger partial charge on any atom is -0.378 e. The molecule has 0 aliphatic carbocycles. The van der Waals surface area contributed by atoms with Crippen LogP contribution in [0.3, 0.4) is 0 Å². The molecule has 0 saturated carbocycles. The molecule has 0 amide bonds. The van der Waals surface area contributed by atoms with Crippen molar-refractivity contribution in [3.63, 3.8) is 0 Å². The molecule has 2 aliphatic rings. The van der Waals surface area contributed by atoms with Crippen LogP contribution in [0, 0.1) is 5.41 Å². The van der Waals surface area contributed by atoms with Crippen LogP contribution < -0.4 is 5.32 Å². The van der Waals surface area contributed by atoms with Crippen LogP contribution in [0.4, 0.5) is 0 Å². The van der Waals surface area contributed by atoms with E-state index in [1.165, 1.54) is 25.7 Å². The van der Waals surface area contributed by atoms with Crippen molar-refractivity contribution in [2.45, 2.75) is 51.7 Å². The Morgan fingerprint density at radius 1 is 1.31 bits per heavy atom. The summed E-state index contributed by atoms with van der Waals surface area (Å²) >= 11 is 0. The predicted molar refractivity (Wildman–Crippen MR) is 64.6 cm³/mol. The second kappa shape index (κ2) is 5.48. The minimum absolute atomic E-state index is 0.311. The summed E-state index contributed by atoms with van der Waals surface area (Å²) in [7, 11) is 0. The number of ether oxygens (including phenoxy) is 2. The Hall–Kier alpha value is -0.120. The lowest BCUT2D eigenvalue weighted by Crippen LogP contribution is -2.42. The fourth-order valence-electron chi connectivity index (χ4n) is 3.02. The maximum Gasteiger partial charge on any atom is 0.0617 e. The predicted octanol–water partition coefficient (Wildman–Crippen LogP) is 1.96. The smallest absolute Gasteiger partial charge is 0.0617 e. The van der Waals surface area contributed by atoms with E-state index in [0.29, 0.717) is 17.6 Å². The highest BCUT2D eigenvalue weighted by Gasteiger charge is 2.43. The van der Waals surface area contributed by atoms with Gasteiger partial charge in [-0.05, 0) is 39.2 Å². The molecule has 2 heterocycles. The molecule has 0 radical (unpaired) electrons. The summed E-state index contributed by atoms with van der Waals surface area (Å²) in [5, 5.41) is 3.50. The first-order valence-electron chi connectivity index (χ1n) is 6.71. The van der Waals surface area contributed by atoms with Crippen LogP contribution in [0.1, 0.15) is 39.5 Å². The lowest BCUT2D eigenvalue weighted by atomic mass is 9.76. The Bertz CT molecular complexity index is 216. The van der Waals surface area contributed by atoms with Crippen molar-refractivity contribution in [1.82, 2.24) is 5.32 Å². The quantitative estimate of drug-likeness (QED) is 0.779. The molecule has 0 aromatic heterocycles. The summed E-state index contributed by atoms with van der Waals surface area (Å²) in [5.41, 5.74) is 0.311. The van der Waals surface area contributed by atoms with Crippen LogP contribution in [0.5, 0.6) is 0 Å². The molecule has 2 fully saturated rings. The van der Waals surface area contributed by atoms with E-state index in [1.807, 2.05) is 0 Å². The number of rotatable bonds is 5. The van der Waals surface area contributed by atoms with Gasteiger partial charge in [0.25, 0.3) is 0 Å². The second-order valence-electron chi connectivity index (χ2n) is 5.24. The van der Waals surface area contributed by atoms with Gasteiger partial charge in [-0.1, -0.05) is 6.92 Å². The molecule has 1 N–H and O–H groups in total. The summed E-state index contributed by atoms with van der Waals surface area (Å²) < 4.78 is 11.6. The highest BCUT2D eigenvalue weighted by atomic mass is 16.5. The first-order valence-corrected chi connectivity index (χ1v) is 6.71. The van der Waals surface area contributed by atoms with Crippen molar-refractivity contribution >= 4 is 0 Å². The fourth-order valence-corrected chi connectivity index (χ4v) is 3.02. The van der Waals surface area contributed by atoms with Gasteiger partial charge in [0, 0.05) is 25.2 Å². The highest BCUT2D eigenvalue weighted by molar-refractivity contribution is 4.93. The first-order chi connectivity index (χ1) is 7.77. The molecule has 2 saturated heterocycles. The Morgan fingerprint density at radius 3 is 2.75 bits per heavy atom. The molecule has 94 valence electrons. The largest absolute Gasteiger partial charge is 0.378 e. The van der Waals surface area contributed by atoms with Gasteiger partial charge in [-0.2, -0.15) is 0 Å². The van der Waals surface area contributed by atoms with E-state index in [-0.39, 0.29) is 0 Å². The van der Waals surface area contributed by atoms with Crippen molar-refractivity contribution < 1.29 is 9.47 Å². The molecule has 0 spiro atoms. The van der Waals surface area contributed by atoms with Gasteiger partial charge in [0.05, 0.1) is 12.2 Å². The summed E-state index contributed by atoms with van der Waals surface area (Å²) in [5.74, 6) is 0. The van der Waals surface area contributed by atoms with Crippen molar-refractivity contribution in [2.75, 3.05) is 26.3 Å². The van der Waals surface area contributed by atoms with Gasteiger partial charge in [-0.3, -0.25) is 0 Å². The molecule has 0 aromatic carbocycles. The van der Waals surface area contributed by atoms with E-state index in [1.54, 1.807) is 0 Å². The number of nitrogens with one attached hydrogen (secondary N) is 1. The third-order valence-corrected chi connectivity index (χ3v) is 4.22. The van der Waals surface area contributed by atoms with Crippen LogP contribution in [-0.4, -0.2) is 38.5 Å². The third-order valence-electron chi connectivity index (χ3n) is 4.22. The van der Waals surface area contributed by atoms with Crippen molar-refractivity contribution in [2.24, 2.45) is 5.41 Å². The fraction of sp³-hybridized carbons (Fsp3) is 1.00. The average Bonchev–Trinajstić information content (AvgIpc) is 2.88. The Balaban J connectivity index is 1.95. The molecule has 3 unspecified atom stereocenters. The van der Waals surface area contributed by atoms with Crippen molar-refractivity contribution in [3.05, 3.63) is 0 Å². The van der Waals surface area contributed by atoms with Gasteiger partial charge in [-0.25, -0.2) is 0 Å². The molecule has 3 heteroatoms. The SMILES string of the molecule is CCNCC1(CC2CCCO2)CCOC1C. The zero-order valence-electron chi connectivity index (χ0n) is 10.6. The lowest BCUT2D eigenvalue weighted by molar-refractivity contribution is 0.0151. The maximum absolute atomic E-state index is 5.78. The Kier molecular flexibility index (Phi) is 4.22. The average molecular weight is 227 g/mol. The van der Waals surface area contributed by atoms with Crippen LogP contribution >= 0.6 is 0 Å². The number of hydrogen-bond acceptors (Lipinski definition) is 3. The molecule has 16 heavy (non-hydrogen) atoms. The summed E-state index contributed by atoms with van der Waals surface area (Å²) in [6.07, 6.45) is 5.67. The molecule has 2 rings (SSSR count). The monoisotopic (exact) mass is 227 g/mol. The molecule has 0 bridgehead atoms. The van der Waals surface area contributed by atoms with E-state index < -0.39 is 0 Å². The van der Waals surface area contributed by atoms with Gasteiger partial charge < -0.3 is 14.8 Å². The summed E-state index contributed by atoms with van der Waals surface area (Å²) in [4.78, 5) is 0. The van der Waals surface area contributed by atoms with Crippen molar-refractivity contribution in [1.29, 1.82) is 0 Å². The standard InChI is InChI=1S/C13H25NO2/c1-3-14-10-13(6-8-15-11(13)2)9-12-5-4-7-16-12/h11-12,14H,3-10H2,1-2H3. The molecule has 3 atom stereocenters. The Morgan fingerprint density at radius 2 is 2.19 bits per heavy atom. The minimum atomic E-state index is 0.311. The van der Waals surface area contributed by atoms with Crippen LogP contribution in [0.25, 0.3) is 0 Å². The first kappa shape index (κ1) is 12.3. The maximum atomic E-state index is 5.78. The van der Waals surface area contributed by atoms with E-state index in [9.17, 15) is 0 Å². The van der Waals surface area contributed by atoms with Crippen LogP contribution in [-0.2, 0) is 9.47 Å². The molecular formula is C13H25NO2. The Labute approximate surface area is 98.9 Å². The third kappa shape index (κ3) is 2.58. The summed E-state index contributed by atoms with van der Waals surface area (Å²) in [6, 6.07) is 0. The van der Waals surface area contributed by atoms with Gasteiger partial charge in [0.15, 0.2) is 0 Å². The van der Waals surface area contributed by atoms with Gasteiger partial charge in [0.2, 0.25) is 0 Å². The molecular weight excluding hydrogens is 202 g/mol. The van der Waals surface area contributed by atoms with Crippen LogP contribution in [0.2, 0.25) is 0 Å². The van der Waals surface area contributed by atoms with Gasteiger partial charge >= 0.3 is 0 Å². The zero-order chi connectivity index (χ0) is 11.4. The molecule has 3 nitrogen and oxygen atoms in total. The topological polar surface area (TPSA) is 30.5 Å². The lowest BCUT2D eigenvalue weighted by Gasteiger charge is -2.34. The number of hydrogen-bond donors (Lipinski definition) is 1. The molecule has 2 aliphatic heterocycles. The van der Waals surface area contributed by atoms with E-state index >= 15 is 0 Å². The van der Waals surface area contributed by atoms with E-state index in [2.05, 4.69) is 19.2 Å². The van der Waals surface area contributed by atoms with E-state index in [4.69, 9.17) is 9.47 Å². The molecule has 0 aromatic rings. The van der Waals surface area contributed by atoms with Gasteiger partial charge in [-0.15, -0.1) is 0 Å². The second-order valence-corrected chi connectivity index (χ2v) is 5.24. The van der Waals surface area contributed by atoms with Crippen molar-refractivity contribution in [3.8, 4) is 0 Å². The van der Waals surface area contributed by atoms with Gasteiger partial charge in [0.1, 0.15) is 0 Å². The highest BCUT2D eigenvalue weighted by Crippen LogP contribution is 2.40. The summed E-state index contributed by atoms with van der Waals surface area (Å²) in [6.45, 7) is 8.38. The normalized spacial score (nSPS) is 39.4.